The fourth-order valence-corrected chi connectivity index (χ4v) is 1.23. The first kappa shape index (κ1) is 14.3. The van der Waals surface area contributed by atoms with Crippen LogP contribution in [0, 0.1) is 0 Å². The van der Waals surface area contributed by atoms with E-state index >= 15 is 0 Å². The average molecular weight is 262 g/mol. The predicted octanol–water partition coefficient (Wildman–Crippen LogP) is 1.16. The van der Waals surface area contributed by atoms with Crippen LogP contribution in [0.3, 0.4) is 0 Å². The maximum Gasteiger partial charge on any atom is 0.419 e. The van der Waals surface area contributed by atoms with Crippen molar-refractivity contribution in [2.24, 2.45) is 5.73 Å². The molecule has 1 aromatic rings. The summed E-state index contributed by atoms with van der Waals surface area (Å²) in [6.45, 7) is 0.0289. The first-order chi connectivity index (χ1) is 8.45. The average Bonchev–Trinajstić information content (AvgIpc) is 2.33. The second kappa shape index (κ2) is 6.25. The third-order valence-electron chi connectivity index (χ3n) is 2.02. The standard InChI is InChI=1S/C11H13F3N2O2/c12-11(13,14)8-3-1-2-4-9(8)18-7-10(17)16-6-5-15/h1-4H,5-7,15H2,(H,16,17). The Morgan fingerprint density at radius 3 is 2.61 bits per heavy atom. The minimum Gasteiger partial charge on any atom is -0.483 e. The molecule has 0 saturated carbocycles. The van der Waals surface area contributed by atoms with Gasteiger partial charge in [-0.1, -0.05) is 12.1 Å². The van der Waals surface area contributed by atoms with Crippen LogP contribution < -0.4 is 15.8 Å². The molecular formula is C11H13F3N2O2. The number of hydrogen-bond acceptors (Lipinski definition) is 3. The van der Waals surface area contributed by atoms with Crippen LogP contribution in [0.25, 0.3) is 0 Å². The van der Waals surface area contributed by atoms with Gasteiger partial charge >= 0.3 is 6.18 Å². The number of alkyl halides is 3. The Kier molecular flexibility index (Phi) is 4.96. The van der Waals surface area contributed by atoms with Gasteiger partial charge in [0.1, 0.15) is 5.75 Å². The Morgan fingerprint density at radius 2 is 2.00 bits per heavy atom. The molecule has 18 heavy (non-hydrogen) atoms. The number of carbonyl (C=O) groups is 1. The number of nitrogens with two attached hydrogens (primary N) is 1. The van der Waals surface area contributed by atoms with E-state index in [9.17, 15) is 18.0 Å². The number of hydrogen-bond donors (Lipinski definition) is 2. The third kappa shape index (κ3) is 4.25. The highest BCUT2D eigenvalue weighted by atomic mass is 19.4. The van der Waals surface area contributed by atoms with Crippen molar-refractivity contribution in [2.75, 3.05) is 19.7 Å². The summed E-state index contributed by atoms with van der Waals surface area (Å²) in [7, 11) is 0. The topological polar surface area (TPSA) is 64.3 Å². The summed E-state index contributed by atoms with van der Waals surface area (Å²) in [4.78, 5) is 11.2. The number of benzene rings is 1. The zero-order valence-electron chi connectivity index (χ0n) is 9.46. The van der Waals surface area contributed by atoms with Gasteiger partial charge in [-0.25, -0.2) is 0 Å². The fourth-order valence-electron chi connectivity index (χ4n) is 1.23. The number of amides is 1. The summed E-state index contributed by atoms with van der Waals surface area (Å²) in [5, 5.41) is 2.39. The van der Waals surface area contributed by atoms with Crippen molar-refractivity contribution >= 4 is 5.91 Å². The number of ether oxygens (including phenoxy) is 1. The second-order valence-electron chi connectivity index (χ2n) is 3.42. The van der Waals surface area contributed by atoms with Crippen LogP contribution in [0.5, 0.6) is 5.75 Å². The van der Waals surface area contributed by atoms with Crippen molar-refractivity contribution < 1.29 is 22.7 Å². The number of para-hydroxylation sites is 1. The highest BCUT2D eigenvalue weighted by Crippen LogP contribution is 2.35. The number of halogens is 3. The first-order valence-electron chi connectivity index (χ1n) is 5.21. The molecule has 0 atom stereocenters. The van der Waals surface area contributed by atoms with Gasteiger partial charge in [0.15, 0.2) is 6.61 Å². The smallest absolute Gasteiger partial charge is 0.419 e. The Hall–Kier alpha value is -1.76. The molecule has 1 amide bonds. The molecule has 0 aliphatic heterocycles. The maximum absolute atomic E-state index is 12.6. The van der Waals surface area contributed by atoms with Crippen LogP contribution in [-0.4, -0.2) is 25.6 Å². The third-order valence-corrected chi connectivity index (χ3v) is 2.02. The molecule has 0 aliphatic carbocycles. The van der Waals surface area contributed by atoms with Gasteiger partial charge in [-0.3, -0.25) is 4.79 Å². The van der Waals surface area contributed by atoms with E-state index in [0.717, 1.165) is 6.07 Å². The predicted molar refractivity (Wildman–Crippen MR) is 59.0 cm³/mol. The van der Waals surface area contributed by atoms with E-state index in [4.69, 9.17) is 10.5 Å². The summed E-state index contributed by atoms with van der Waals surface area (Å²) in [5.74, 6) is -0.884. The van der Waals surface area contributed by atoms with Gasteiger partial charge in [0.25, 0.3) is 5.91 Å². The SMILES string of the molecule is NCCNC(=O)COc1ccccc1C(F)(F)F. The van der Waals surface area contributed by atoms with Crippen LogP contribution in [-0.2, 0) is 11.0 Å². The summed E-state index contributed by atoms with van der Waals surface area (Å²) >= 11 is 0. The van der Waals surface area contributed by atoms with Crippen molar-refractivity contribution in [1.29, 1.82) is 0 Å². The van der Waals surface area contributed by atoms with Crippen molar-refractivity contribution in [2.45, 2.75) is 6.18 Å². The Balaban J connectivity index is 2.65. The van der Waals surface area contributed by atoms with E-state index in [1.807, 2.05) is 0 Å². The van der Waals surface area contributed by atoms with Crippen molar-refractivity contribution in [3.63, 3.8) is 0 Å². The highest BCUT2D eigenvalue weighted by Gasteiger charge is 2.34. The molecule has 7 heteroatoms. The van der Waals surface area contributed by atoms with Crippen LogP contribution >= 0.6 is 0 Å². The molecule has 3 N–H and O–H groups in total. The van der Waals surface area contributed by atoms with Crippen LogP contribution in [0.2, 0.25) is 0 Å². The molecule has 100 valence electrons. The Labute approximate surface area is 102 Å². The lowest BCUT2D eigenvalue weighted by atomic mass is 10.2. The van der Waals surface area contributed by atoms with Crippen molar-refractivity contribution in [1.82, 2.24) is 5.32 Å². The van der Waals surface area contributed by atoms with Gasteiger partial charge in [-0.2, -0.15) is 13.2 Å². The lowest BCUT2D eigenvalue weighted by molar-refractivity contribution is -0.139. The van der Waals surface area contributed by atoms with Gasteiger partial charge in [-0.05, 0) is 12.1 Å². The Morgan fingerprint density at radius 1 is 1.33 bits per heavy atom. The molecule has 0 saturated heterocycles. The van der Waals surface area contributed by atoms with E-state index < -0.39 is 24.3 Å². The highest BCUT2D eigenvalue weighted by molar-refractivity contribution is 5.77. The maximum atomic E-state index is 12.6. The summed E-state index contributed by atoms with van der Waals surface area (Å²) in [6.07, 6.45) is -4.51. The van der Waals surface area contributed by atoms with Crippen LogP contribution in [0.15, 0.2) is 24.3 Å². The van der Waals surface area contributed by atoms with E-state index in [0.29, 0.717) is 0 Å². The molecule has 0 bridgehead atoms. The molecule has 0 aliphatic rings. The molecule has 0 heterocycles. The normalized spacial score (nSPS) is 11.1. The second-order valence-corrected chi connectivity index (χ2v) is 3.42. The van der Waals surface area contributed by atoms with Crippen molar-refractivity contribution in [3.8, 4) is 5.75 Å². The zero-order valence-corrected chi connectivity index (χ0v) is 9.46. The number of rotatable bonds is 5. The largest absolute Gasteiger partial charge is 0.483 e. The van der Waals surface area contributed by atoms with Gasteiger partial charge in [0.2, 0.25) is 0 Å². The molecule has 0 fully saturated rings. The monoisotopic (exact) mass is 262 g/mol. The van der Waals surface area contributed by atoms with Gasteiger partial charge in [-0.15, -0.1) is 0 Å². The van der Waals surface area contributed by atoms with Gasteiger partial charge in [0.05, 0.1) is 5.56 Å². The van der Waals surface area contributed by atoms with Crippen molar-refractivity contribution in [3.05, 3.63) is 29.8 Å². The molecule has 0 unspecified atom stereocenters. The van der Waals surface area contributed by atoms with Gasteiger partial charge < -0.3 is 15.8 Å². The van der Waals surface area contributed by atoms with E-state index in [1.165, 1.54) is 18.2 Å². The molecule has 4 nitrogen and oxygen atoms in total. The van der Waals surface area contributed by atoms with Gasteiger partial charge in [0, 0.05) is 13.1 Å². The summed E-state index contributed by atoms with van der Waals surface area (Å²) in [5.41, 5.74) is 4.26. The van der Waals surface area contributed by atoms with E-state index in [2.05, 4.69) is 5.32 Å². The van der Waals surface area contributed by atoms with E-state index in [1.54, 1.807) is 0 Å². The lowest BCUT2D eigenvalue weighted by Crippen LogP contribution is -2.33. The zero-order chi connectivity index (χ0) is 13.6. The molecule has 0 radical (unpaired) electrons. The summed E-state index contributed by atoms with van der Waals surface area (Å²) < 4.78 is 42.6. The number of carbonyl (C=O) groups excluding carboxylic acids is 1. The quantitative estimate of drug-likeness (QED) is 0.837. The van der Waals surface area contributed by atoms with E-state index in [-0.39, 0.29) is 18.8 Å². The fraction of sp³-hybridized carbons (Fsp3) is 0.364. The minimum absolute atomic E-state index is 0.253. The lowest BCUT2D eigenvalue weighted by Gasteiger charge is -2.13. The summed E-state index contributed by atoms with van der Waals surface area (Å²) in [6, 6.07) is 4.72. The molecule has 1 rings (SSSR count). The van der Waals surface area contributed by atoms with Crippen LogP contribution in [0.1, 0.15) is 5.56 Å². The van der Waals surface area contributed by atoms with Crippen LogP contribution in [0.4, 0.5) is 13.2 Å². The molecule has 0 spiro atoms. The minimum atomic E-state index is -4.51. The molecule has 0 aromatic heterocycles. The first-order valence-corrected chi connectivity index (χ1v) is 5.21. The Bertz CT molecular complexity index is 408. The molecule has 1 aromatic carbocycles. The molecular weight excluding hydrogens is 249 g/mol. The number of nitrogens with one attached hydrogen (secondary N) is 1.